The zero-order valence-corrected chi connectivity index (χ0v) is 10.8. The number of benzene rings is 1. The molecule has 1 aliphatic carbocycles. The van der Waals surface area contributed by atoms with Gasteiger partial charge < -0.3 is 4.74 Å². The fourth-order valence-electron chi connectivity index (χ4n) is 1.84. The first-order valence-electron chi connectivity index (χ1n) is 6.21. The van der Waals surface area contributed by atoms with Crippen LogP contribution >= 0.6 is 0 Å². The molecule has 1 aromatic carbocycles. The van der Waals surface area contributed by atoms with Crippen LogP contribution in [-0.4, -0.2) is 11.5 Å². The summed E-state index contributed by atoms with van der Waals surface area (Å²) in [6.07, 6.45) is -3.30. The van der Waals surface area contributed by atoms with Crippen molar-refractivity contribution in [1.29, 1.82) is 5.26 Å². The molecule has 112 valence electrons. The van der Waals surface area contributed by atoms with Gasteiger partial charge >= 0.3 is 6.18 Å². The quantitative estimate of drug-likeness (QED) is 0.616. The van der Waals surface area contributed by atoms with Crippen molar-refractivity contribution in [2.24, 2.45) is 5.92 Å². The van der Waals surface area contributed by atoms with Crippen molar-refractivity contribution in [2.45, 2.75) is 25.4 Å². The fraction of sp³-hybridized carbons (Fsp3) is 0.462. The minimum absolute atomic E-state index is 0.0821. The average Bonchev–Trinajstić information content (AvgIpc) is 3.19. The van der Waals surface area contributed by atoms with E-state index in [1.807, 2.05) is 0 Å². The molecule has 0 spiro atoms. The zero-order valence-electron chi connectivity index (χ0n) is 10.8. The van der Waals surface area contributed by atoms with Gasteiger partial charge in [0.25, 0.3) is 5.69 Å². The second-order valence-electron chi connectivity index (χ2n) is 4.82. The highest BCUT2D eigenvalue weighted by atomic mass is 19.4. The van der Waals surface area contributed by atoms with Crippen molar-refractivity contribution in [3.8, 4) is 11.8 Å². The molecular formula is C13H11F3N2O3. The van der Waals surface area contributed by atoms with Crippen molar-refractivity contribution < 1.29 is 22.8 Å². The fourth-order valence-corrected chi connectivity index (χ4v) is 1.84. The number of nitrogens with zero attached hydrogens (tertiary/aromatic N) is 2. The lowest BCUT2D eigenvalue weighted by molar-refractivity contribution is -0.385. The van der Waals surface area contributed by atoms with Gasteiger partial charge in [0.1, 0.15) is 11.3 Å². The number of nitro groups is 1. The van der Waals surface area contributed by atoms with Gasteiger partial charge in [-0.05, 0) is 24.8 Å². The van der Waals surface area contributed by atoms with Crippen LogP contribution in [0, 0.1) is 27.4 Å². The Morgan fingerprint density at radius 1 is 1.43 bits per heavy atom. The predicted octanol–water partition coefficient (Wildman–Crippen LogP) is 3.47. The highest BCUT2D eigenvalue weighted by Gasteiger charge is 2.37. The Morgan fingerprint density at radius 2 is 2.10 bits per heavy atom. The Morgan fingerprint density at radius 3 is 2.57 bits per heavy atom. The Balaban J connectivity index is 2.45. The van der Waals surface area contributed by atoms with Crippen LogP contribution in [0.3, 0.4) is 0 Å². The molecular weight excluding hydrogens is 289 g/mol. The smallest absolute Gasteiger partial charge is 0.420 e. The maximum atomic E-state index is 13.0. The molecule has 0 bridgehead atoms. The summed E-state index contributed by atoms with van der Waals surface area (Å²) in [5.74, 6) is -0.217. The van der Waals surface area contributed by atoms with Crippen LogP contribution in [0.5, 0.6) is 5.75 Å². The first-order valence-corrected chi connectivity index (χ1v) is 6.21. The molecule has 21 heavy (non-hydrogen) atoms. The molecule has 2 rings (SSSR count). The van der Waals surface area contributed by atoms with Crippen LogP contribution in [0.1, 0.15) is 24.0 Å². The predicted molar refractivity (Wildman–Crippen MR) is 65.6 cm³/mol. The van der Waals surface area contributed by atoms with Crippen molar-refractivity contribution in [1.82, 2.24) is 0 Å². The van der Waals surface area contributed by atoms with Gasteiger partial charge in [0, 0.05) is 11.6 Å². The van der Waals surface area contributed by atoms with E-state index in [9.17, 15) is 23.3 Å². The van der Waals surface area contributed by atoms with E-state index in [4.69, 9.17) is 10.00 Å². The molecule has 0 radical (unpaired) electrons. The van der Waals surface area contributed by atoms with Crippen LogP contribution in [0.15, 0.2) is 12.1 Å². The molecule has 5 nitrogen and oxygen atoms in total. The zero-order chi connectivity index (χ0) is 15.6. The summed E-state index contributed by atoms with van der Waals surface area (Å²) < 4.78 is 44.1. The van der Waals surface area contributed by atoms with Gasteiger partial charge in [-0.2, -0.15) is 18.4 Å². The van der Waals surface area contributed by atoms with Crippen LogP contribution in [0.2, 0.25) is 0 Å². The van der Waals surface area contributed by atoms with Crippen molar-refractivity contribution in [2.75, 3.05) is 6.61 Å². The van der Waals surface area contributed by atoms with Crippen LogP contribution < -0.4 is 4.74 Å². The number of ether oxygens (including phenoxy) is 1. The summed E-state index contributed by atoms with van der Waals surface area (Å²) in [5.41, 5.74) is -1.99. The minimum atomic E-state index is -4.76. The number of rotatable bonds is 5. The van der Waals surface area contributed by atoms with Gasteiger partial charge in [0.05, 0.1) is 24.0 Å². The third kappa shape index (κ3) is 3.62. The molecule has 1 aromatic rings. The minimum Gasteiger partial charge on any atom is -0.493 e. The maximum absolute atomic E-state index is 13.0. The average molecular weight is 300 g/mol. The Bertz CT molecular complexity index is 604. The number of alkyl halides is 3. The summed E-state index contributed by atoms with van der Waals surface area (Å²) >= 11 is 0. The van der Waals surface area contributed by atoms with Crippen LogP contribution in [-0.2, 0) is 12.6 Å². The lowest BCUT2D eigenvalue weighted by atomic mass is 10.0. The standard InChI is InChI=1S/C13H11F3N2O3/c14-13(15,16)10-6-11(18(19)20)9(3-4-17)5-12(10)21-7-8-1-2-8/h5-6,8H,1-3,7H2. The van der Waals surface area contributed by atoms with Gasteiger partial charge in [-0.1, -0.05) is 0 Å². The molecule has 0 amide bonds. The Hall–Kier alpha value is -2.30. The van der Waals surface area contributed by atoms with Crippen LogP contribution in [0.4, 0.5) is 18.9 Å². The summed E-state index contributed by atoms with van der Waals surface area (Å²) in [7, 11) is 0. The lowest BCUT2D eigenvalue weighted by Crippen LogP contribution is -2.12. The van der Waals surface area contributed by atoms with Crippen molar-refractivity contribution >= 4 is 5.69 Å². The van der Waals surface area contributed by atoms with Crippen molar-refractivity contribution in [3.05, 3.63) is 33.4 Å². The van der Waals surface area contributed by atoms with Gasteiger partial charge in [-0.3, -0.25) is 10.1 Å². The number of hydrogen-bond acceptors (Lipinski definition) is 4. The van der Waals surface area contributed by atoms with Crippen LogP contribution in [0.25, 0.3) is 0 Å². The van der Waals surface area contributed by atoms with E-state index in [0.717, 1.165) is 18.9 Å². The molecule has 1 saturated carbocycles. The monoisotopic (exact) mass is 300 g/mol. The first-order chi connectivity index (χ1) is 9.82. The lowest BCUT2D eigenvalue weighted by Gasteiger charge is -2.15. The second-order valence-corrected chi connectivity index (χ2v) is 4.82. The third-order valence-corrected chi connectivity index (χ3v) is 3.12. The molecule has 0 atom stereocenters. The highest BCUT2D eigenvalue weighted by molar-refractivity contribution is 5.52. The number of halogens is 3. The Labute approximate surface area is 118 Å². The van der Waals surface area contributed by atoms with E-state index >= 15 is 0 Å². The van der Waals surface area contributed by atoms with E-state index in [0.29, 0.717) is 6.07 Å². The summed E-state index contributed by atoms with van der Waals surface area (Å²) in [4.78, 5) is 9.93. The molecule has 0 N–H and O–H groups in total. The van der Waals surface area contributed by atoms with E-state index in [-0.39, 0.29) is 24.5 Å². The van der Waals surface area contributed by atoms with Gasteiger partial charge in [0.15, 0.2) is 0 Å². The first kappa shape index (κ1) is 15.1. The summed E-state index contributed by atoms with van der Waals surface area (Å²) in [5, 5.41) is 19.5. The van der Waals surface area contributed by atoms with Gasteiger partial charge in [-0.15, -0.1) is 0 Å². The molecule has 8 heteroatoms. The molecule has 1 aliphatic rings. The second kappa shape index (κ2) is 5.60. The van der Waals surface area contributed by atoms with Gasteiger partial charge in [0.2, 0.25) is 0 Å². The van der Waals surface area contributed by atoms with E-state index < -0.39 is 28.1 Å². The molecule has 0 aromatic heterocycles. The largest absolute Gasteiger partial charge is 0.493 e. The van der Waals surface area contributed by atoms with E-state index in [1.54, 1.807) is 6.07 Å². The summed E-state index contributed by atoms with van der Waals surface area (Å²) in [6, 6.07) is 3.09. The molecule has 1 fully saturated rings. The summed E-state index contributed by atoms with van der Waals surface area (Å²) in [6.45, 7) is 0.146. The Kier molecular flexibility index (Phi) is 4.02. The normalized spacial score (nSPS) is 14.6. The molecule has 0 unspecified atom stereocenters. The van der Waals surface area contributed by atoms with E-state index in [1.165, 1.54) is 0 Å². The van der Waals surface area contributed by atoms with Gasteiger partial charge in [-0.25, -0.2) is 0 Å². The third-order valence-electron chi connectivity index (χ3n) is 3.12. The maximum Gasteiger partial charge on any atom is 0.420 e. The number of nitro benzene ring substituents is 1. The SMILES string of the molecule is N#CCc1cc(OCC2CC2)c(C(F)(F)F)cc1[N+](=O)[O-]. The molecule has 0 aliphatic heterocycles. The molecule has 0 saturated heterocycles. The number of nitriles is 1. The van der Waals surface area contributed by atoms with E-state index in [2.05, 4.69) is 0 Å². The van der Waals surface area contributed by atoms with Crippen molar-refractivity contribution in [3.63, 3.8) is 0 Å². The molecule has 0 heterocycles. The highest BCUT2D eigenvalue weighted by Crippen LogP contribution is 2.41. The topological polar surface area (TPSA) is 76.2 Å². The number of hydrogen-bond donors (Lipinski definition) is 0.